The first-order valence-electron chi connectivity index (χ1n) is 7.77. The summed E-state index contributed by atoms with van der Waals surface area (Å²) in [6.45, 7) is 4.70. The molecular weight excluding hydrogens is 320 g/mol. The summed E-state index contributed by atoms with van der Waals surface area (Å²) in [5, 5.41) is 7.17. The molecule has 0 bridgehead atoms. The number of benzene rings is 2. The van der Waals surface area contributed by atoms with Crippen molar-refractivity contribution in [2.24, 2.45) is 0 Å². The first-order chi connectivity index (χ1) is 11.6. The second kappa shape index (κ2) is 7.32. The van der Waals surface area contributed by atoms with Crippen LogP contribution >= 0.6 is 11.6 Å². The van der Waals surface area contributed by atoms with E-state index >= 15 is 0 Å². The molecule has 0 aliphatic heterocycles. The van der Waals surface area contributed by atoms with Crippen LogP contribution in [0, 0.1) is 13.8 Å². The largest absolute Gasteiger partial charge is 0.350 e. The van der Waals surface area contributed by atoms with Crippen LogP contribution in [0.15, 0.2) is 54.6 Å². The highest BCUT2D eigenvalue weighted by atomic mass is 35.5. The highest BCUT2D eigenvalue weighted by Crippen LogP contribution is 2.24. The Balaban J connectivity index is 1.75. The van der Waals surface area contributed by atoms with Crippen LogP contribution in [0.5, 0.6) is 0 Å². The average Bonchev–Trinajstić information content (AvgIpc) is 2.55. The van der Waals surface area contributed by atoms with Crippen molar-refractivity contribution in [3.05, 3.63) is 76.4 Å². The molecule has 0 aliphatic rings. The van der Waals surface area contributed by atoms with E-state index in [1.807, 2.05) is 43.3 Å². The molecule has 5 heteroatoms. The third-order valence-corrected chi connectivity index (χ3v) is 3.85. The molecule has 3 aromatic rings. The summed E-state index contributed by atoms with van der Waals surface area (Å²) in [5.74, 6) is 1.30. The zero-order valence-corrected chi connectivity index (χ0v) is 14.4. The van der Waals surface area contributed by atoms with Crippen molar-refractivity contribution in [2.75, 3.05) is 10.6 Å². The summed E-state index contributed by atoms with van der Waals surface area (Å²) in [4.78, 5) is 8.96. The molecule has 122 valence electrons. The van der Waals surface area contributed by atoms with Gasteiger partial charge in [0.15, 0.2) is 0 Å². The molecule has 0 aliphatic carbocycles. The topological polar surface area (TPSA) is 49.8 Å². The molecule has 0 radical (unpaired) electrons. The van der Waals surface area contributed by atoms with Crippen LogP contribution in [-0.4, -0.2) is 9.97 Å². The van der Waals surface area contributed by atoms with Gasteiger partial charge in [0.2, 0.25) is 5.95 Å². The Morgan fingerprint density at radius 3 is 2.58 bits per heavy atom. The highest BCUT2D eigenvalue weighted by molar-refractivity contribution is 6.33. The highest BCUT2D eigenvalue weighted by Gasteiger charge is 2.05. The molecule has 0 fully saturated rings. The molecule has 0 unspecified atom stereocenters. The number of halogens is 1. The lowest BCUT2D eigenvalue weighted by atomic mass is 10.1. The van der Waals surface area contributed by atoms with E-state index in [4.69, 9.17) is 11.6 Å². The van der Waals surface area contributed by atoms with Gasteiger partial charge >= 0.3 is 0 Å². The van der Waals surface area contributed by atoms with E-state index in [1.54, 1.807) is 0 Å². The quantitative estimate of drug-likeness (QED) is 0.679. The summed E-state index contributed by atoms with van der Waals surface area (Å²) in [5.41, 5.74) is 4.13. The van der Waals surface area contributed by atoms with Crippen molar-refractivity contribution in [3.8, 4) is 0 Å². The van der Waals surface area contributed by atoms with Crippen molar-refractivity contribution < 1.29 is 0 Å². The van der Waals surface area contributed by atoms with Gasteiger partial charge < -0.3 is 10.6 Å². The number of aryl methyl sites for hydroxylation is 2. The Morgan fingerprint density at radius 2 is 1.79 bits per heavy atom. The van der Waals surface area contributed by atoms with Crippen LogP contribution in [0.4, 0.5) is 17.5 Å². The average molecular weight is 339 g/mol. The predicted molar refractivity (Wildman–Crippen MR) is 100 cm³/mol. The molecule has 4 nitrogen and oxygen atoms in total. The molecule has 0 saturated heterocycles. The first-order valence-corrected chi connectivity index (χ1v) is 8.14. The molecule has 0 spiro atoms. The van der Waals surface area contributed by atoms with Crippen LogP contribution in [-0.2, 0) is 6.54 Å². The number of anilines is 3. The number of rotatable bonds is 5. The van der Waals surface area contributed by atoms with Crippen LogP contribution in [0.3, 0.4) is 0 Å². The number of aromatic nitrogens is 2. The second-order valence-corrected chi connectivity index (χ2v) is 6.07. The van der Waals surface area contributed by atoms with Gasteiger partial charge in [-0.25, -0.2) is 4.98 Å². The molecule has 2 N–H and O–H groups in total. The molecule has 3 rings (SSSR count). The Hall–Kier alpha value is -2.59. The maximum absolute atomic E-state index is 6.19. The van der Waals surface area contributed by atoms with Gasteiger partial charge in [-0.2, -0.15) is 4.98 Å². The van der Waals surface area contributed by atoms with Gasteiger partial charge in [-0.05, 0) is 31.5 Å². The van der Waals surface area contributed by atoms with Crippen molar-refractivity contribution in [3.63, 3.8) is 0 Å². The summed E-state index contributed by atoms with van der Waals surface area (Å²) in [7, 11) is 0. The number of hydrogen-bond donors (Lipinski definition) is 2. The van der Waals surface area contributed by atoms with Crippen molar-refractivity contribution in [1.29, 1.82) is 0 Å². The normalized spacial score (nSPS) is 10.5. The molecule has 24 heavy (non-hydrogen) atoms. The van der Waals surface area contributed by atoms with E-state index in [9.17, 15) is 0 Å². The minimum atomic E-state index is 0.589. The number of hydrogen-bond acceptors (Lipinski definition) is 4. The Labute approximate surface area is 146 Å². The van der Waals surface area contributed by atoms with Gasteiger partial charge in [-0.1, -0.05) is 53.6 Å². The van der Waals surface area contributed by atoms with Crippen molar-refractivity contribution in [1.82, 2.24) is 9.97 Å². The summed E-state index contributed by atoms with van der Waals surface area (Å²) >= 11 is 6.19. The molecule has 0 saturated carbocycles. The monoisotopic (exact) mass is 338 g/mol. The minimum absolute atomic E-state index is 0.589. The Kier molecular flexibility index (Phi) is 4.96. The molecule has 0 atom stereocenters. The van der Waals surface area contributed by atoms with Gasteiger partial charge in [-0.15, -0.1) is 0 Å². The van der Waals surface area contributed by atoms with Crippen molar-refractivity contribution in [2.45, 2.75) is 20.4 Å². The fourth-order valence-electron chi connectivity index (χ4n) is 2.42. The van der Waals surface area contributed by atoms with E-state index < -0.39 is 0 Å². The van der Waals surface area contributed by atoms with E-state index in [0.717, 1.165) is 11.4 Å². The van der Waals surface area contributed by atoms with Crippen LogP contribution in [0.2, 0.25) is 5.02 Å². The summed E-state index contributed by atoms with van der Waals surface area (Å²) in [6.07, 6.45) is 0. The third kappa shape index (κ3) is 4.24. The minimum Gasteiger partial charge on any atom is -0.350 e. The van der Waals surface area contributed by atoms with E-state index in [1.165, 1.54) is 11.1 Å². The number of nitrogens with one attached hydrogen (secondary N) is 2. The van der Waals surface area contributed by atoms with Gasteiger partial charge in [0, 0.05) is 18.3 Å². The third-order valence-electron chi connectivity index (χ3n) is 3.52. The standard InChI is InChI=1S/C19H19ClN4/c1-13-6-5-7-15(10-13)12-21-19-22-14(2)11-18(24-19)23-17-9-4-3-8-16(17)20/h3-11H,12H2,1-2H3,(H2,21,22,23,24). The molecule has 1 heterocycles. The number of para-hydroxylation sites is 1. The lowest BCUT2D eigenvalue weighted by Crippen LogP contribution is -2.06. The smallest absolute Gasteiger partial charge is 0.225 e. The van der Waals surface area contributed by atoms with Crippen molar-refractivity contribution >= 4 is 29.1 Å². The molecule has 0 amide bonds. The number of nitrogens with zero attached hydrogens (tertiary/aromatic N) is 2. The Bertz CT molecular complexity index is 848. The SMILES string of the molecule is Cc1cccc(CNc2nc(C)cc(Nc3ccccc3Cl)n2)c1. The first kappa shape index (κ1) is 16.3. The summed E-state index contributed by atoms with van der Waals surface area (Å²) < 4.78 is 0. The van der Waals surface area contributed by atoms with Gasteiger partial charge in [0.05, 0.1) is 10.7 Å². The zero-order chi connectivity index (χ0) is 16.9. The maximum Gasteiger partial charge on any atom is 0.225 e. The van der Waals surface area contributed by atoms with Gasteiger partial charge in [-0.3, -0.25) is 0 Å². The molecule has 1 aromatic heterocycles. The maximum atomic E-state index is 6.19. The fourth-order valence-corrected chi connectivity index (χ4v) is 2.60. The van der Waals surface area contributed by atoms with E-state index in [2.05, 4.69) is 45.7 Å². The van der Waals surface area contributed by atoms with Gasteiger partial charge in [0.25, 0.3) is 0 Å². The lowest BCUT2D eigenvalue weighted by Gasteiger charge is -2.11. The van der Waals surface area contributed by atoms with E-state index in [0.29, 0.717) is 23.3 Å². The van der Waals surface area contributed by atoms with E-state index in [-0.39, 0.29) is 0 Å². The second-order valence-electron chi connectivity index (χ2n) is 5.67. The van der Waals surface area contributed by atoms with Gasteiger partial charge in [0.1, 0.15) is 5.82 Å². The zero-order valence-electron chi connectivity index (χ0n) is 13.7. The molecular formula is C19H19ClN4. The summed E-state index contributed by atoms with van der Waals surface area (Å²) in [6, 6.07) is 17.8. The molecule has 2 aromatic carbocycles. The predicted octanol–water partition coefficient (Wildman–Crippen LogP) is 5.10. The lowest BCUT2D eigenvalue weighted by molar-refractivity contribution is 1.03. The fraction of sp³-hybridized carbons (Fsp3) is 0.158. The van der Waals surface area contributed by atoms with Crippen LogP contribution < -0.4 is 10.6 Å². The van der Waals surface area contributed by atoms with Crippen LogP contribution in [0.1, 0.15) is 16.8 Å². The Morgan fingerprint density at radius 1 is 0.958 bits per heavy atom. The van der Waals surface area contributed by atoms with Crippen LogP contribution in [0.25, 0.3) is 0 Å².